The maximum absolute atomic E-state index is 13.5. The summed E-state index contributed by atoms with van der Waals surface area (Å²) in [5.41, 5.74) is 0. The Morgan fingerprint density at radius 3 is 1.12 bits per heavy atom. The molecule has 128 valence electrons. The molecule has 0 spiro atoms. The first-order valence-electron chi connectivity index (χ1n) is 7.18. The fraction of sp³-hybridized carbons (Fsp3) is 0. The molecule has 25 heavy (non-hydrogen) atoms. The van der Waals surface area contributed by atoms with Crippen molar-refractivity contribution in [2.24, 2.45) is 0 Å². The first kappa shape index (κ1) is 19.5. The van der Waals surface area contributed by atoms with E-state index in [1.165, 1.54) is 36.4 Å². The van der Waals surface area contributed by atoms with Crippen LogP contribution in [0.2, 0.25) is 0 Å². The topological polar surface area (TPSA) is 0 Å². The second kappa shape index (κ2) is 8.59. The smallest absolute Gasteiger partial charge is 0.207 e. The summed E-state index contributed by atoms with van der Waals surface area (Å²) in [5.74, 6) is -0.891. The zero-order valence-corrected chi connectivity index (χ0v) is 18.7. The lowest BCUT2D eigenvalue weighted by molar-refractivity contribution is -0.201. The van der Waals surface area contributed by atoms with E-state index in [-0.39, 0.29) is 33.3 Å². The highest BCUT2D eigenvalue weighted by Gasteiger charge is 2.54. The Morgan fingerprint density at radius 1 is 0.600 bits per heavy atom. The fourth-order valence-electron chi connectivity index (χ4n) is 2.56. The van der Waals surface area contributed by atoms with Crippen molar-refractivity contribution in [2.45, 2.75) is 0 Å². The van der Waals surface area contributed by atoms with E-state index in [1.54, 1.807) is 36.4 Å². The van der Waals surface area contributed by atoms with Crippen molar-refractivity contribution in [3.8, 4) is 0 Å². The summed E-state index contributed by atoms with van der Waals surface area (Å²) in [6, 6.07) is 19.4. The number of rotatable bonds is 5. The van der Waals surface area contributed by atoms with Crippen LogP contribution < -0.4 is 31.8 Å². The molecule has 3 aromatic rings. The van der Waals surface area contributed by atoms with Crippen LogP contribution >= 0.6 is 33.6 Å². The Labute approximate surface area is 167 Å². The number of hydrogen-bond donors (Lipinski definition) is 0. The van der Waals surface area contributed by atoms with E-state index in [9.17, 15) is 13.2 Å². The van der Waals surface area contributed by atoms with Crippen LogP contribution in [0.3, 0.4) is 0 Å². The lowest BCUT2D eigenvalue weighted by Gasteiger charge is -2.20. The van der Waals surface area contributed by atoms with Crippen molar-refractivity contribution in [1.29, 1.82) is 0 Å². The number of halogens is 5. The van der Waals surface area contributed by atoms with Crippen LogP contribution in [0.15, 0.2) is 72.8 Å². The maximum Gasteiger partial charge on any atom is 0.476 e. The second-order valence-corrected chi connectivity index (χ2v) is 21.5. The minimum Gasteiger partial charge on any atom is -0.207 e. The molecule has 0 heterocycles. The Kier molecular flexibility index (Phi) is 6.68. The first-order chi connectivity index (χ1) is 12.1. The molecule has 7 heteroatoms. The minimum absolute atomic E-state index is 0.229. The van der Waals surface area contributed by atoms with E-state index in [0.717, 1.165) is 15.9 Å². The van der Waals surface area contributed by atoms with Gasteiger partial charge in [-0.3, -0.25) is 0 Å². The lowest BCUT2D eigenvalue weighted by atomic mass is 10.3. The van der Waals surface area contributed by atoms with Gasteiger partial charge in [-0.2, -0.15) is 0 Å². The molecule has 0 aliphatic rings. The molecule has 0 unspecified atom stereocenters. The van der Waals surface area contributed by atoms with Crippen molar-refractivity contribution in [1.82, 2.24) is 0 Å². The molecule has 0 aromatic heterocycles. The SMILES string of the molecule is Fc1ccc([P+](S[I+]I)(c2ccc(F)cc2)c2ccc(F)cc2)cc1. The predicted octanol–water partition coefficient (Wildman–Crippen LogP) is 2.40. The molecule has 0 saturated heterocycles. The summed E-state index contributed by atoms with van der Waals surface area (Å²) in [4.78, 5) is 0. The third-order valence-corrected chi connectivity index (χ3v) is 25.4. The van der Waals surface area contributed by atoms with Crippen LogP contribution in [-0.4, -0.2) is 0 Å². The van der Waals surface area contributed by atoms with Gasteiger partial charge in [-0.1, -0.05) is 0 Å². The molecule has 0 saturated carbocycles. The van der Waals surface area contributed by atoms with Crippen LogP contribution in [0.5, 0.6) is 0 Å². The van der Waals surface area contributed by atoms with E-state index >= 15 is 0 Å². The molecule has 0 fully saturated rings. The van der Waals surface area contributed by atoms with E-state index in [1.807, 2.05) is 8.55 Å². The highest BCUT2D eigenvalue weighted by molar-refractivity contribution is 14.1. The van der Waals surface area contributed by atoms with E-state index < -0.39 is 6.46 Å². The first-order valence-corrected chi connectivity index (χ1v) is 19.2. The van der Waals surface area contributed by atoms with E-state index in [0.29, 0.717) is 0 Å². The molecule has 3 rings (SSSR count). The molecular formula is C18H12F3I2PS+2. The van der Waals surface area contributed by atoms with Crippen LogP contribution in [0.1, 0.15) is 0 Å². The fourth-order valence-corrected chi connectivity index (χ4v) is 29.2. The van der Waals surface area contributed by atoms with Gasteiger partial charge < -0.3 is 0 Å². The summed E-state index contributed by atoms with van der Waals surface area (Å²) in [6.07, 6.45) is 0. The third-order valence-electron chi connectivity index (χ3n) is 3.70. The summed E-state index contributed by atoms with van der Waals surface area (Å²) < 4.78 is 40.4. The second-order valence-electron chi connectivity index (χ2n) is 5.17. The normalized spacial score (nSPS) is 11.5. The molecular weight excluding hydrogens is 590 g/mol. The van der Waals surface area contributed by atoms with E-state index in [4.69, 9.17) is 0 Å². The molecule has 3 aromatic carbocycles. The largest absolute Gasteiger partial charge is 0.476 e. The van der Waals surface area contributed by atoms with Gasteiger partial charge in [0.05, 0.1) is 0 Å². The van der Waals surface area contributed by atoms with Gasteiger partial charge in [0.25, 0.3) is 18.6 Å². The van der Waals surface area contributed by atoms with Crippen molar-refractivity contribution in [3.63, 3.8) is 0 Å². The average molecular weight is 602 g/mol. The lowest BCUT2D eigenvalue weighted by Crippen LogP contribution is -3.49. The van der Waals surface area contributed by atoms with Gasteiger partial charge in [0.15, 0.2) is 0 Å². The molecule has 0 bridgehead atoms. The zero-order chi connectivity index (χ0) is 17.9. The van der Waals surface area contributed by atoms with Crippen LogP contribution in [0.4, 0.5) is 13.2 Å². The van der Waals surface area contributed by atoms with Crippen LogP contribution in [0, 0.1) is 17.5 Å². The summed E-state index contributed by atoms with van der Waals surface area (Å²) in [5, 5.41) is 2.98. The van der Waals surface area contributed by atoms with Gasteiger partial charge in [0.1, 0.15) is 33.4 Å². The molecule has 0 N–H and O–H groups in total. The average Bonchev–Trinajstić information content (AvgIpc) is 2.62. The van der Waals surface area contributed by atoms with Gasteiger partial charge in [0.2, 0.25) is 6.46 Å². The monoisotopic (exact) mass is 602 g/mol. The summed E-state index contributed by atoms with van der Waals surface area (Å²) in [7, 11) is 1.84. The summed E-state index contributed by atoms with van der Waals surface area (Å²) in [6.45, 7) is -2.15. The Hall–Kier alpha value is -0.310. The van der Waals surface area contributed by atoms with Crippen molar-refractivity contribution in [2.75, 3.05) is 0 Å². The molecule has 0 atom stereocenters. The van der Waals surface area contributed by atoms with Crippen LogP contribution in [0.25, 0.3) is 0 Å². The highest BCUT2D eigenvalue weighted by Crippen LogP contribution is 2.62. The number of benzene rings is 3. The van der Waals surface area contributed by atoms with Crippen molar-refractivity contribution < 1.29 is 29.0 Å². The third kappa shape index (κ3) is 4.17. The molecule has 0 amide bonds. The maximum atomic E-state index is 13.5. The molecule has 0 aliphatic carbocycles. The molecule has 0 nitrogen and oxygen atoms in total. The van der Waals surface area contributed by atoms with Crippen LogP contribution in [-0.2, 0) is 0 Å². The minimum atomic E-state index is -2.15. The van der Waals surface area contributed by atoms with Gasteiger partial charge in [0, 0.05) is 0 Å². The Bertz CT molecular complexity index is 729. The highest BCUT2D eigenvalue weighted by atomic mass is 128. The van der Waals surface area contributed by atoms with Crippen molar-refractivity contribution in [3.05, 3.63) is 90.2 Å². The Balaban J connectivity index is 2.28. The van der Waals surface area contributed by atoms with Gasteiger partial charge in [-0.15, -0.1) is 0 Å². The number of hydrogen-bond acceptors (Lipinski definition) is 1. The quantitative estimate of drug-likeness (QED) is 0.320. The van der Waals surface area contributed by atoms with Gasteiger partial charge >= 0.3 is 24.4 Å². The van der Waals surface area contributed by atoms with Crippen molar-refractivity contribution >= 4 is 49.5 Å². The molecule has 0 radical (unpaired) electrons. The predicted molar refractivity (Wildman–Crippen MR) is 107 cm³/mol. The zero-order valence-electron chi connectivity index (χ0n) is 12.7. The molecule has 0 aliphatic heterocycles. The summed E-state index contributed by atoms with van der Waals surface area (Å²) >= 11 is 2.16. The standard InChI is InChI=1S/C18H12F3I2PS/c19-13-1-7-16(8-2-13)24(25-23-22,17-9-3-14(20)4-10-17)18-11-5-15(21)6-12-18/h1-12H/q+2. The Morgan fingerprint density at radius 2 is 0.880 bits per heavy atom. The van der Waals surface area contributed by atoms with Gasteiger partial charge in [-0.25, -0.2) is 13.2 Å². The van der Waals surface area contributed by atoms with E-state index in [2.05, 4.69) is 18.6 Å². The van der Waals surface area contributed by atoms with Gasteiger partial charge in [-0.05, 0) is 72.8 Å².